The fraction of sp³-hybridized carbons (Fsp3) is 0.429. The first-order valence-corrected chi connectivity index (χ1v) is 9.15. The van der Waals surface area contributed by atoms with Gasteiger partial charge < -0.3 is 9.58 Å². The highest BCUT2D eigenvalue weighted by Gasteiger charge is 2.71. The quantitative estimate of drug-likeness (QED) is 0.655. The summed E-state index contributed by atoms with van der Waals surface area (Å²) in [5.41, 5.74) is 0.194. The summed E-state index contributed by atoms with van der Waals surface area (Å²) in [5, 5.41) is 0. The lowest BCUT2D eigenvalue weighted by atomic mass is 9.34. The van der Waals surface area contributed by atoms with E-state index in [-0.39, 0.29) is 34.8 Å². The summed E-state index contributed by atoms with van der Waals surface area (Å²) < 4.78 is 32.5. The van der Waals surface area contributed by atoms with Gasteiger partial charge in [0, 0.05) is 29.4 Å². The van der Waals surface area contributed by atoms with Crippen LogP contribution in [-0.4, -0.2) is 22.4 Å². The SMILES string of the molecule is [C-]#[N+]c1cc(OCC23CC(C(=O)C[C@@H](C)c4cc(F)cc(F)c4)(C2)C3)ncn1. The number of benzene rings is 1. The van der Waals surface area contributed by atoms with Crippen LogP contribution in [0.25, 0.3) is 4.85 Å². The summed E-state index contributed by atoms with van der Waals surface area (Å²) in [6.07, 6.45) is 3.88. The fourth-order valence-electron chi connectivity index (χ4n) is 4.62. The van der Waals surface area contributed by atoms with E-state index in [0.717, 1.165) is 25.3 Å². The zero-order chi connectivity index (χ0) is 19.9. The van der Waals surface area contributed by atoms with E-state index in [9.17, 15) is 13.6 Å². The average Bonchev–Trinajstić information content (AvgIpc) is 2.58. The number of halogens is 2. The first-order chi connectivity index (χ1) is 13.3. The van der Waals surface area contributed by atoms with E-state index in [2.05, 4.69) is 14.8 Å². The Kier molecular flexibility index (Phi) is 4.37. The molecule has 0 N–H and O–H groups in total. The number of hydrogen-bond donors (Lipinski definition) is 0. The van der Waals surface area contributed by atoms with Crippen LogP contribution in [0.1, 0.15) is 44.1 Å². The van der Waals surface area contributed by atoms with Crippen LogP contribution >= 0.6 is 0 Å². The minimum atomic E-state index is -0.623. The van der Waals surface area contributed by atoms with Crippen LogP contribution in [0.4, 0.5) is 14.6 Å². The number of nitrogens with zero attached hydrogens (tertiary/aromatic N) is 3. The topological polar surface area (TPSA) is 56.4 Å². The molecule has 1 atom stereocenters. The molecule has 3 aliphatic rings. The van der Waals surface area contributed by atoms with Crippen LogP contribution in [-0.2, 0) is 4.79 Å². The molecular weight excluding hydrogens is 364 g/mol. The largest absolute Gasteiger partial charge is 0.478 e. The van der Waals surface area contributed by atoms with Crippen molar-refractivity contribution in [2.24, 2.45) is 10.8 Å². The lowest BCUT2D eigenvalue weighted by Crippen LogP contribution is -2.67. The van der Waals surface area contributed by atoms with Crippen molar-refractivity contribution >= 4 is 11.6 Å². The molecule has 28 heavy (non-hydrogen) atoms. The van der Waals surface area contributed by atoms with Crippen LogP contribution in [0.5, 0.6) is 5.88 Å². The van der Waals surface area contributed by atoms with Crippen LogP contribution < -0.4 is 4.74 Å². The number of aromatic nitrogens is 2. The standard InChI is InChI=1S/C21H19F2N3O2/c1-13(14-4-15(22)6-16(23)5-14)3-17(27)21-8-20(9-21,10-21)11-28-19-7-18(24-2)25-12-26-19/h4-7,12-13H,3,8-11H2,1H3/t13-,20?,21?/m1/s1. The molecule has 1 aromatic heterocycles. The third-order valence-corrected chi connectivity index (χ3v) is 5.95. The number of carbonyl (C=O) groups excluding carboxylic acids is 1. The molecule has 1 aromatic carbocycles. The maximum absolute atomic E-state index is 13.4. The number of carbonyl (C=O) groups is 1. The Bertz CT molecular complexity index is 946. The van der Waals surface area contributed by atoms with E-state index in [0.29, 0.717) is 18.1 Å². The molecule has 3 fully saturated rings. The summed E-state index contributed by atoms with van der Waals surface area (Å²) in [6.45, 7) is 9.24. The molecule has 2 bridgehead atoms. The number of rotatable bonds is 7. The van der Waals surface area contributed by atoms with Crippen LogP contribution in [0, 0.1) is 29.0 Å². The zero-order valence-electron chi connectivity index (χ0n) is 15.4. The van der Waals surface area contributed by atoms with Gasteiger partial charge in [0.2, 0.25) is 12.2 Å². The summed E-state index contributed by atoms with van der Waals surface area (Å²) in [7, 11) is 0. The highest BCUT2D eigenvalue weighted by molar-refractivity contribution is 5.89. The van der Waals surface area contributed by atoms with Crippen molar-refractivity contribution in [1.82, 2.24) is 9.97 Å². The smallest absolute Gasteiger partial charge is 0.276 e. The van der Waals surface area contributed by atoms with Crippen molar-refractivity contribution in [3.05, 3.63) is 59.2 Å². The Balaban J connectivity index is 1.31. The molecule has 0 amide bonds. The van der Waals surface area contributed by atoms with E-state index in [4.69, 9.17) is 11.3 Å². The van der Waals surface area contributed by atoms with Crippen LogP contribution in [0.2, 0.25) is 0 Å². The molecule has 0 radical (unpaired) electrons. The summed E-state index contributed by atoms with van der Waals surface area (Å²) in [5.74, 6) is -0.718. The van der Waals surface area contributed by atoms with Crippen molar-refractivity contribution in [3.63, 3.8) is 0 Å². The van der Waals surface area contributed by atoms with Crippen LogP contribution in [0.3, 0.4) is 0 Å². The van der Waals surface area contributed by atoms with Gasteiger partial charge in [-0.15, -0.1) is 4.98 Å². The maximum atomic E-state index is 13.4. The number of ether oxygens (including phenoxy) is 1. The number of Topliss-reactive ketones (excluding diaryl/α,β-unsaturated/α-hetero) is 1. The predicted octanol–water partition coefficient (Wildman–Crippen LogP) is 4.62. The lowest BCUT2D eigenvalue weighted by molar-refractivity contribution is -0.216. The van der Waals surface area contributed by atoms with Gasteiger partial charge in [-0.05, 0) is 42.9 Å². The summed E-state index contributed by atoms with van der Waals surface area (Å²) in [4.78, 5) is 23.8. The first kappa shape index (κ1) is 18.5. The average molecular weight is 383 g/mol. The van der Waals surface area contributed by atoms with Gasteiger partial charge in [0.15, 0.2) is 0 Å². The van der Waals surface area contributed by atoms with Gasteiger partial charge in [-0.3, -0.25) is 4.79 Å². The highest BCUT2D eigenvalue weighted by Crippen LogP contribution is 2.74. The predicted molar refractivity (Wildman–Crippen MR) is 96.9 cm³/mol. The van der Waals surface area contributed by atoms with E-state index in [1.54, 1.807) is 0 Å². The highest BCUT2D eigenvalue weighted by atomic mass is 19.1. The van der Waals surface area contributed by atoms with Crippen molar-refractivity contribution in [2.75, 3.05) is 6.61 Å². The van der Waals surface area contributed by atoms with Gasteiger partial charge in [-0.2, -0.15) is 4.98 Å². The minimum absolute atomic E-state index is 0.00686. The molecule has 144 valence electrons. The summed E-state index contributed by atoms with van der Waals surface area (Å²) in [6, 6.07) is 4.91. The maximum Gasteiger partial charge on any atom is 0.276 e. The summed E-state index contributed by atoms with van der Waals surface area (Å²) >= 11 is 0. The molecule has 2 aromatic rings. The van der Waals surface area contributed by atoms with Gasteiger partial charge >= 0.3 is 0 Å². The Morgan fingerprint density at radius 2 is 1.89 bits per heavy atom. The molecule has 1 heterocycles. The second-order valence-electron chi connectivity index (χ2n) is 8.16. The van der Waals surface area contributed by atoms with Crippen LogP contribution in [0.15, 0.2) is 30.6 Å². The van der Waals surface area contributed by atoms with Crippen molar-refractivity contribution in [2.45, 2.75) is 38.5 Å². The minimum Gasteiger partial charge on any atom is -0.478 e. The molecule has 5 nitrogen and oxygen atoms in total. The molecule has 0 unspecified atom stereocenters. The normalized spacial score (nSPS) is 25.8. The molecule has 7 heteroatoms. The van der Waals surface area contributed by atoms with Gasteiger partial charge in [0.25, 0.3) is 5.82 Å². The Labute approximate surface area is 161 Å². The van der Waals surface area contributed by atoms with Crippen molar-refractivity contribution in [1.29, 1.82) is 0 Å². The molecule has 5 rings (SSSR count). The van der Waals surface area contributed by atoms with Gasteiger partial charge in [-0.1, -0.05) is 13.5 Å². The van der Waals surface area contributed by atoms with Gasteiger partial charge in [0.05, 0.1) is 6.61 Å². The zero-order valence-corrected chi connectivity index (χ0v) is 15.4. The Morgan fingerprint density at radius 3 is 2.54 bits per heavy atom. The Hall–Kier alpha value is -2.88. The number of hydrogen-bond acceptors (Lipinski definition) is 4. The fourth-order valence-corrected chi connectivity index (χ4v) is 4.62. The van der Waals surface area contributed by atoms with Gasteiger partial charge in [0.1, 0.15) is 17.4 Å². The molecule has 0 aliphatic heterocycles. The third kappa shape index (κ3) is 3.24. The Morgan fingerprint density at radius 1 is 1.21 bits per heavy atom. The molecule has 3 saturated carbocycles. The first-order valence-electron chi connectivity index (χ1n) is 9.15. The number of ketones is 1. The lowest BCUT2D eigenvalue weighted by Gasteiger charge is -2.69. The van der Waals surface area contributed by atoms with Crippen molar-refractivity contribution in [3.8, 4) is 5.88 Å². The second-order valence-corrected chi connectivity index (χ2v) is 8.16. The molecule has 0 spiro atoms. The second kappa shape index (κ2) is 6.62. The van der Waals surface area contributed by atoms with Gasteiger partial charge in [-0.25, -0.2) is 8.78 Å². The monoisotopic (exact) mass is 383 g/mol. The van der Waals surface area contributed by atoms with Crippen molar-refractivity contribution < 1.29 is 18.3 Å². The van der Waals surface area contributed by atoms with E-state index in [1.165, 1.54) is 24.5 Å². The van der Waals surface area contributed by atoms with E-state index in [1.807, 2.05) is 6.92 Å². The molecular formula is C21H19F2N3O2. The van der Waals surface area contributed by atoms with E-state index < -0.39 is 11.6 Å². The molecule has 0 saturated heterocycles. The van der Waals surface area contributed by atoms with E-state index >= 15 is 0 Å². The third-order valence-electron chi connectivity index (χ3n) is 5.95. The molecule has 3 aliphatic carbocycles.